The van der Waals surface area contributed by atoms with Crippen LogP contribution in [0.5, 0.6) is 0 Å². The molecule has 3 aromatic heterocycles. The lowest BCUT2D eigenvalue weighted by Gasteiger charge is -2.14. The molecule has 1 N–H and O–H groups in total. The van der Waals surface area contributed by atoms with Gasteiger partial charge >= 0.3 is 0 Å². The SMILES string of the molecule is Cc1nn(C)cc1C(=O)Nc1cnc(C)c(-c2cnc(N(C)C)c(C#N)c2)c1. The van der Waals surface area contributed by atoms with Crippen LogP contribution >= 0.6 is 0 Å². The Kier molecular flexibility index (Phi) is 5.09. The van der Waals surface area contributed by atoms with E-state index in [4.69, 9.17) is 0 Å². The van der Waals surface area contributed by atoms with Gasteiger partial charge in [0.25, 0.3) is 5.91 Å². The minimum atomic E-state index is -0.249. The molecule has 3 rings (SSSR count). The number of amides is 1. The summed E-state index contributed by atoms with van der Waals surface area (Å²) in [5, 5.41) is 16.5. The van der Waals surface area contributed by atoms with E-state index in [-0.39, 0.29) is 5.91 Å². The van der Waals surface area contributed by atoms with Crippen molar-refractivity contribution in [2.24, 2.45) is 7.05 Å². The highest BCUT2D eigenvalue weighted by Gasteiger charge is 2.15. The molecule has 0 radical (unpaired) electrons. The molecule has 0 aromatic carbocycles. The molecule has 1 amide bonds. The molecule has 0 saturated heterocycles. The second-order valence-electron chi connectivity index (χ2n) is 6.71. The summed E-state index contributed by atoms with van der Waals surface area (Å²) in [4.78, 5) is 23.1. The highest BCUT2D eigenvalue weighted by Crippen LogP contribution is 2.28. The summed E-state index contributed by atoms with van der Waals surface area (Å²) in [6, 6.07) is 5.79. The third-order valence-corrected chi connectivity index (χ3v) is 4.32. The number of nitrogens with one attached hydrogen (secondary N) is 1. The van der Waals surface area contributed by atoms with Crippen LogP contribution in [0, 0.1) is 25.2 Å². The molecule has 0 aliphatic carbocycles. The largest absolute Gasteiger partial charge is 0.362 e. The van der Waals surface area contributed by atoms with Gasteiger partial charge in [-0.15, -0.1) is 0 Å². The van der Waals surface area contributed by atoms with Gasteiger partial charge in [0.05, 0.1) is 28.7 Å². The summed E-state index contributed by atoms with van der Waals surface area (Å²) in [6.45, 7) is 3.66. The Balaban J connectivity index is 1.95. The van der Waals surface area contributed by atoms with Gasteiger partial charge in [0.1, 0.15) is 11.9 Å². The molecule has 0 bridgehead atoms. The molecule has 142 valence electrons. The standard InChI is InChI=1S/C20H21N7O/c1-12-17(15-6-14(8-21)19(23-9-15)26(3)4)7-16(10-22-12)24-20(28)18-11-27(5)25-13(18)2/h6-7,9-11H,1-5H3,(H,24,28). The molecule has 0 aliphatic heterocycles. The van der Waals surface area contributed by atoms with E-state index < -0.39 is 0 Å². The molecule has 0 aliphatic rings. The second-order valence-corrected chi connectivity index (χ2v) is 6.71. The lowest BCUT2D eigenvalue weighted by molar-refractivity contribution is 0.102. The first kappa shape index (κ1) is 19.0. The molecule has 8 heteroatoms. The zero-order chi connectivity index (χ0) is 20.4. The number of hydrogen-bond acceptors (Lipinski definition) is 6. The number of carbonyl (C=O) groups is 1. The summed E-state index contributed by atoms with van der Waals surface area (Å²) >= 11 is 0. The number of rotatable bonds is 4. The summed E-state index contributed by atoms with van der Waals surface area (Å²) in [6.07, 6.45) is 4.99. The molecule has 0 spiro atoms. The monoisotopic (exact) mass is 375 g/mol. The third-order valence-electron chi connectivity index (χ3n) is 4.32. The first-order valence-electron chi connectivity index (χ1n) is 8.66. The Labute approximate surface area is 163 Å². The second kappa shape index (κ2) is 7.48. The summed E-state index contributed by atoms with van der Waals surface area (Å²) in [5.74, 6) is 0.356. The van der Waals surface area contributed by atoms with Gasteiger partial charge in [-0.3, -0.25) is 14.5 Å². The number of anilines is 2. The van der Waals surface area contributed by atoms with Crippen molar-refractivity contribution in [3.05, 3.63) is 53.2 Å². The predicted molar refractivity (Wildman–Crippen MR) is 107 cm³/mol. The topological polar surface area (TPSA) is 99.7 Å². The van der Waals surface area contributed by atoms with Crippen molar-refractivity contribution in [2.75, 3.05) is 24.3 Å². The van der Waals surface area contributed by atoms with Crippen LogP contribution in [-0.2, 0) is 7.05 Å². The quantitative estimate of drug-likeness (QED) is 0.752. The molecule has 3 heterocycles. The Morgan fingerprint density at radius 2 is 1.93 bits per heavy atom. The predicted octanol–water partition coefficient (Wildman–Crippen LogP) is 2.68. The Morgan fingerprint density at radius 1 is 1.18 bits per heavy atom. The van der Waals surface area contributed by atoms with Crippen molar-refractivity contribution >= 4 is 17.4 Å². The zero-order valence-corrected chi connectivity index (χ0v) is 16.5. The van der Waals surface area contributed by atoms with Crippen molar-refractivity contribution in [3.63, 3.8) is 0 Å². The van der Waals surface area contributed by atoms with Crippen LogP contribution in [-0.4, -0.2) is 39.8 Å². The Morgan fingerprint density at radius 3 is 2.54 bits per heavy atom. The van der Waals surface area contributed by atoms with E-state index in [0.29, 0.717) is 28.3 Å². The van der Waals surface area contributed by atoms with Crippen molar-refractivity contribution in [3.8, 4) is 17.2 Å². The molecule has 0 unspecified atom stereocenters. The number of nitriles is 1. The Bertz CT molecular complexity index is 1090. The van der Waals surface area contributed by atoms with Crippen molar-refractivity contribution in [1.82, 2.24) is 19.7 Å². The van der Waals surface area contributed by atoms with E-state index >= 15 is 0 Å². The maximum absolute atomic E-state index is 12.5. The van der Waals surface area contributed by atoms with Crippen LogP contribution in [0.2, 0.25) is 0 Å². The minimum Gasteiger partial charge on any atom is -0.362 e. The van der Waals surface area contributed by atoms with Crippen molar-refractivity contribution in [2.45, 2.75) is 13.8 Å². The first-order chi connectivity index (χ1) is 13.3. The fraction of sp³-hybridized carbons (Fsp3) is 0.250. The molecule has 0 atom stereocenters. The van der Waals surface area contributed by atoms with Gasteiger partial charge in [0.15, 0.2) is 0 Å². The molecule has 8 nitrogen and oxygen atoms in total. The summed E-state index contributed by atoms with van der Waals surface area (Å²) in [5.41, 5.74) is 4.54. The highest BCUT2D eigenvalue weighted by molar-refractivity contribution is 6.05. The smallest absolute Gasteiger partial charge is 0.259 e. The van der Waals surface area contributed by atoms with Gasteiger partial charge in [-0.2, -0.15) is 10.4 Å². The lowest BCUT2D eigenvalue weighted by Crippen LogP contribution is -2.13. The lowest BCUT2D eigenvalue weighted by atomic mass is 10.0. The number of hydrogen-bond donors (Lipinski definition) is 1. The molecular formula is C20H21N7O. The number of aryl methyl sites for hydroxylation is 3. The van der Waals surface area contributed by atoms with Gasteiger partial charge in [0.2, 0.25) is 0 Å². The number of pyridine rings is 2. The average molecular weight is 375 g/mol. The van der Waals surface area contributed by atoms with Crippen LogP contribution in [0.15, 0.2) is 30.7 Å². The van der Waals surface area contributed by atoms with Gasteiger partial charge < -0.3 is 10.2 Å². The zero-order valence-electron chi connectivity index (χ0n) is 16.5. The molecule has 0 fully saturated rings. The molecule has 3 aromatic rings. The number of aromatic nitrogens is 4. The highest BCUT2D eigenvalue weighted by atomic mass is 16.1. The maximum atomic E-state index is 12.5. The minimum absolute atomic E-state index is 0.249. The van der Waals surface area contributed by atoms with E-state index in [1.807, 2.05) is 27.1 Å². The number of carbonyl (C=O) groups excluding carboxylic acids is 1. The van der Waals surface area contributed by atoms with Gasteiger partial charge in [0, 0.05) is 50.4 Å². The van der Waals surface area contributed by atoms with Gasteiger partial charge in [-0.25, -0.2) is 4.98 Å². The molecule has 28 heavy (non-hydrogen) atoms. The van der Waals surface area contributed by atoms with Crippen molar-refractivity contribution < 1.29 is 4.79 Å². The van der Waals surface area contributed by atoms with E-state index in [0.717, 1.165) is 16.8 Å². The van der Waals surface area contributed by atoms with E-state index in [9.17, 15) is 10.1 Å². The van der Waals surface area contributed by atoms with E-state index in [2.05, 4.69) is 26.5 Å². The van der Waals surface area contributed by atoms with Crippen LogP contribution in [0.3, 0.4) is 0 Å². The maximum Gasteiger partial charge on any atom is 0.259 e. The van der Waals surface area contributed by atoms with Crippen LogP contribution in [0.1, 0.15) is 27.3 Å². The van der Waals surface area contributed by atoms with Gasteiger partial charge in [-0.1, -0.05) is 0 Å². The molecule has 0 saturated carbocycles. The third kappa shape index (κ3) is 3.69. The van der Waals surface area contributed by atoms with Crippen molar-refractivity contribution in [1.29, 1.82) is 5.26 Å². The first-order valence-corrected chi connectivity index (χ1v) is 8.66. The van der Waals surface area contributed by atoms with Crippen LogP contribution < -0.4 is 10.2 Å². The average Bonchev–Trinajstić information content (AvgIpc) is 3.00. The normalized spacial score (nSPS) is 10.4. The van der Waals surface area contributed by atoms with E-state index in [1.54, 1.807) is 48.2 Å². The van der Waals surface area contributed by atoms with Crippen LogP contribution in [0.4, 0.5) is 11.5 Å². The van der Waals surface area contributed by atoms with Gasteiger partial charge in [-0.05, 0) is 26.0 Å². The fourth-order valence-corrected chi connectivity index (χ4v) is 2.96. The molecular weight excluding hydrogens is 354 g/mol. The van der Waals surface area contributed by atoms with E-state index in [1.165, 1.54) is 0 Å². The Hall–Kier alpha value is -3.73. The number of nitrogens with zero attached hydrogens (tertiary/aromatic N) is 6. The summed E-state index contributed by atoms with van der Waals surface area (Å²) in [7, 11) is 5.45. The fourth-order valence-electron chi connectivity index (χ4n) is 2.96. The van der Waals surface area contributed by atoms with Crippen LogP contribution in [0.25, 0.3) is 11.1 Å². The summed E-state index contributed by atoms with van der Waals surface area (Å²) < 4.78 is 1.60.